The number of nitrogens with two attached hydrogens (primary N) is 1. The van der Waals surface area contributed by atoms with Gasteiger partial charge in [0, 0.05) is 18.4 Å². The summed E-state index contributed by atoms with van der Waals surface area (Å²) in [5.41, 5.74) is 7.08. The predicted molar refractivity (Wildman–Crippen MR) is 117 cm³/mol. The molecule has 12 heteroatoms. The van der Waals surface area contributed by atoms with Crippen molar-refractivity contribution in [1.82, 2.24) is 14.8 Å². The summed E-state index contributed by atoms with van der Waals surface area (Å²) in [6.07, 6.45) is 4.60. The van der Waals surface area contributed by atoms with Gasteiger partial charge in [-0.1, -0.05) is 6.42 Å². The summed E-state index contributed by atoms with van der Waals surface area (Å²) in [7, 11) is -4.14. The molecule has 0 bridgehead atoms. The smallest absolute Gasteiger partial charge is 0.286 e. The molecule has 0 unspecified atom stereocenters. The quantitative estimate of drug-likeness (QED) is 0.502. The molecule has 1 saturated carbocycles. The van der Waals surface area contributed by atoms with Gasteiger partial charge in [0.15, 0.2) is 11.6 Å². The fourth-order valence-electron chi connectivity index (χ4n) is 3.60. The van der Waals surface area contributed by atoms with Gasteiger partial charge in [-0.2, -0.15) is 13.5 Å². The number of rotatable bonds is 4. The molecule has 1 aromatic carbocycles. The number of nitrogens with zero attached hydrogens (tertiary/aromatic N) is 4. The number of benzene rings is 1. The number of aromatic hydroxyl groups is 1. The molecule has 1 aliphatic carbocycles. The van der Waals surface area contributed by atoms with Crippen LogP contribution in [0.15, 0.2) is 44.0 Å². The summed E-state index contributed by atoms with van der Waals surface area (Å²) < 4.78 is 30.6. The van der Waals surface area contributed by atoms with Crippen LogP contribution in [-0.4, -0.2) is 34.1 Å². The van der Waals surface area contributed by atoms with Crippen LogP contribution in [0, 0.1) is 5.92 Å². The second kappa shape index (κ2) is 7.17. The van der Waals surface area contributed by atoms with E-state index in [-0.39, 0.29) is 33.4 Å². The van der Waals surface area contributed by atoms with Gasteiger partial charge >= 0.3 is 0 Å². The summed E-state index contributed by atoms with van der Waals surface area (Å²) in [6.45, 7) is 0.380. The highest BCUT2D eigenvalue weighted by atomic mass is 32.2. The number of amidine groups is 1. The van der Waals surface area contributed by atoms with Crippen molar-refractivity contribution in [3.05, 3.63) is 45.8 Å². The molecule has 0 radical (unpaired) electrons. The second-order valence-electron chi connectivity index (χ2n) is 7.52. The Morgan fingerprint density at radius 1 is 1.32 bits per heavy atom. The van der Waals surface area contributed by atoms with Crippen molar-refractivity contribution in [3.8, 4) is 16.3 Å². The summed E-state index contributed by atoms with van der Waals surface area (Å²) in [6, 6.07) is 4.32. The van der Waals surface area contributed by atoms with Gasteiger partial charge in [0.2, 0.25) is 0 Å². The molecule has 160 valence electrons. The van der Waals surface area contributed by atoms with E-state index in [9.17, 15) is 18.3 Å². The van der Waals surface area contributed by atoms with Crippen molar-refractivity contribution in [2.45, 2.75) is 30.7 Å². The number of sulfonamides is 1. The molecule has 2 aromatic heterocycles. The van der Waals surface area contributed by atoms with Crippen molar-refractivity contribution < 1.29 is 13.5 Å². The number of anilines is 2. The van der Waals surface area contributed by atoms with E-state index in [0.29, 0.717) is 17.3 Å². The number of nitrogens with one attached hydrogen (secondary N) is 1. The molecule has 0 spiro atoms. The minimum atomic E-state index is -4.14. The number of aromatic nitrogens is 3. The summed E-state index contributed by atoms with van der Waals surface area (Å²) >= 11 is 1.25. The summed E-state index contributed by atoms with van der Waals surface area (Å²) in [5.74, 6) is -0.389. The van der Waals surface area contributed by atoms with Gasteiger partial charge < -0.3 is 16.2 Å². The van der Waals surface area contributed by atoms with Gasteiger partial charge in [0.05, 0.1) is 16.1 Å². The first-order chi connectivity index (χ1) is 14.8. The summed E-state index contributed by atoms with van der Waals surface area (Å²) in [5, 5.41) is 18.2. The Morgan fingerprint density at radius 2 is 2.13 bits per heavy atom. The number of hydrogen-bond donors (Lipinski definition) is 3. The predicted octanol–water partition coefficient (Wildman–Crippen LogP) is 2.02. The Morgan fingerprint density at radius 3 is 2.81 bits per heavy atom. The lowest BCUT2D eigenvalue weighted by molar-refractivity contribution is 0.261. The van der Waals surface area contributed by atoms with Crippen LogP contribution < -0.4 is 16.6 Å². The fourth-order valence-corrected chi connectivity index (χ4v) is 5.37. The summed E-state index contributed by atoms with van der Waals surface area (Å²) in [4.78, 5) is 17.7. The molecule has 0 amide bonds. The Hall–Kier alpha value is -3.25. The Balaban J connectivity index is 1.71. The van der Waals surface area contributed by atoms with E-state index in [0.717, 1.165) is 19.3 Å². The molecule has 0 saturated heterocycles. The van der Waals surface area contributed by atoms with Crippen molar-refractivity contribution >= 4 is 38.6 Å². The maximum Gasteiger partial charge on any atom is 0.286 e. The van der Waals surface area contributed by atoms with Crippen molar-refractivity contribution in [2.75, 3.05) is 11.1 Å². The molecule has 31 heavy (non-hydrogen) atoms. The van der Waals surface area contributed by atoms with Crippen LogP contribution >= 0.6 is 11.3 Å². The van der Waals surface area contributed by atoms with Crippen LogP contribution in [0.5, 0.6) is 5.75 Å². The number of thiazole rings is 1. The molecular weight excluding hydrogens is 440 g/mol. The monoisotopic (exact) mass is 458 g/mol. The Labute approximate surface area is 181 Å². The lowest BCUT2D eigenvalue weighted by Crippen LogP contribution is -2.36. The highest BCUT2D eigenvalue weighted by Gasteiger charge is 2.31. The van der Waals surface area contributed by atoms with Crippen molar-refractivity contribution in [3.63, 3.8) is 0 Å². The number of fused-ring (bicyclic) bond motifs is 1. The second-order valence-corrected chi connectivity index (χ2v) is 9.98. The first-order valence-electron chi connectivity index (χ1n) is 9.58. The van der Waals surface area contributed by atoms with Gasteiger partial charge in [-0.15, -0.1) is 15.7 Å². The van der Waals surface area contributed by atoms with Gasteiger partial charge in [-0.25, -0.2) is 4.68 Å². The van der Waals surface area contributed by atoms with Crippen LogP contribution in [0.2, 0.25) is 0 Å². The van der Waals surface area contributed by atoms with Crippen molar-refractivity contribution in [2.24, 2.45) is 10.3 Å². The average Bonchev–Trinajstić information content (AvgIpc) is 3.21. The molecule has 3 heterocycles. The van der Waals surface area contributed by atoms with E-state index in [2.05, 4.69) is 19.8 Å². The molecule has 1 fully saturated rings. The third kappa shape index (κ3) is 3.37. The molecular formula is C19H18N6O4S2. The lowest BCUT2D eigenvalue weighted by atomic mass is 9.85. The third-order valence-corrected chi connectivity index (χ3v) is 7.53. The van der Waals surface area contributed by atoms with Gasteiger partial charge in [0.1, 0.15) is 16.2 Å². The lowest BCUT2D eigenvalue weighted by Gasteiger charge is -2.26. The zero-order valence-corrected chi connectivity index (χ0v) is 17.8. The number of nitrogen functional groups attached to an aromatic ring is 1. The molecule has 10 nitrogen and oxygen atoms in total. The van der Waals surface area contributed by atoms with E-state index >= 15 is 0 Å². The van der Waals surface area contributed by atoms with Crippen LogP contribution in [0.3, 0.4) is 0 Å². The molecule has 5 rings (SSSR count). The van der Waals surface area contributed by atoms with Gasteiger partial charge in [-0.3, -0.25) is 9.78 Å². The van der Waals surface area contributed by atoms with Gasteiger partial charge in [-0.05, 0) is 37.0 Å². The highest BCUT2D eigenvalue weighted by molar-refractivity contribution is 7.90. The zero-order chi connectivity index (χ0) is 21.8. The van der Waals surface area contributed by atoms with E-state index < -0.39 is 21.3 Å². The topological polar surface area (TPSA) is 153 Å². The normalized spacial score (nSPS) is 17.4. The maximum absolute atomic E-state index is 13.3. The van der Waals surface area contributed by atoms with E-state index in [4.69, 9.17) is 5.73 Å². The molecule has 1 aliphatic heterocycles. The highest BCUT2D eigenvalue weighted by Crippen LogP contribution is 2.35. The van der Waals surface area contributed by atoms with Gasteiger partial charge in [0.25, 0.3) is 15.6 Å². The van der Waals surface area contributed by atoms with E-state index in [1.54, 1.807) is 5.51 Å². The van der Waals surface area contributed by atoms with Crippen LogP contribution in [0.4, 0.5) is 11.4 Å². The first-order valence-corrected chi connectivity index (χ1v) is 11.9. The maximum atomic E-state index is 13.3. The van der Waals surface area contributed by atoms with Crippen LogP contribution in [-0.2, 0) is 16.6 Å². The fraction of sp³-hybridized carbons (Fsp3) is 0.263. The number of hydrogen-bond acceptors (Lipinski definition) is 9. The zero-order valence-electron chi connectivity index (χ0n) is 16.1. The molecule has 2 aliphatic rings. The SMILES string of the molecule is Nc1ccc2c(c1)S(=O)(=O)N=C(c1c(O)c(-c3cncs3)nn(CC3CCC3)c1=O)N2. The molecule has 0 atom stereocenters. The standard InChI is InChI=1S/C19H18N6O4S2/c20-11-4-5-12-14(6-11)31(28,29)24-18(22-12)15-17(26)16(13-7-21-9-30-13)23-25(19(15)27)8-10-2-1-3-10/h4-7,9-10,26H,1-3,8,20H2,(H,22,24). The van der Waals surface area contributed by atoms with Crippen LogP contribution in [0.25, 0.3) is 10.6 Å². The molecule has 3 aromatic rings. The third-order valence-electron chi connectivity index (χ3n) is 5.44. The Kier molecular flexibility index (Phi) is 4.55. The van der Waals surface area contributed by atoms with Crippen molar-refractivity contribution in [1.29, 1.82) is 0 Å². The molecule has 4 N–H and O–H groups in total. The largest absolute Gasteiger partial charge is 0.505 e. The minimum absolute atomic E-state index is 0.0951. The van der Waals surface area contributed by atoms with Crippen LogP contribution in [0.1, 0.15) is 24.8 Å². The average molecular weight is 459 g/mol. The van der Waals surface area contributed by atoms with E-state index in [1.165, 1.54) is 40.4 Å². The minimum Gasteiger partial charge on any atom is -0.505 e. The van der Waals surface area contributed by atoms with E-state index in [1.807, 2.05) is 0 Å². The Bertz CT molecular complexity index is 1380. The first kappa shape index (κ1) is 19.7.